The fraction of sp³-hybridized carbons (Fsp3) is 0.457. The van der Waals surface area contributed by atoms with Crippen LogP contribution in [0.5, 0.6) is 5.75 Å². The number of amides is 1. The number of methoxy groups -OCH3 is 1. The van der Waals surface area contributed by atoms with Gasteiger partial charge in [-0.05, 0) is 63.1 Å². The number of alkyl carbamates (subject to hydrolysis) is 1. The van der Waals surface area contributed by atoms with Gasteiger partial charge in [-0.15, -0.1) is 0 Å². The van der Waals surface area contributed by atoms with Crippen LogP contribution < -0.4 is 10.1 Å². The van der Waals surface area contributed by atoms with E-state index in [-0.39, 0.29) is 37.7 Å². The van der Waals surface area contributed by atoms with Crippen molar-refractivity contribution in [2.24, 2.45) is 0 Å². The first kappa shape index (κ1) is 36.3. The predicted molar refractivity (Wildman–Crippen MR) is 174 cm³/mol. The molecule has 3 aromatic carbocycles. The fourth-order valence-electron chi connectivity index (χ4n) is 4.85. The van der Waals surface area contributed by atoms with Gasteiger partial charge in [-0.3, -0.25) is 4.18 Å². The van der Waals surface area contributed by atoms with Crippen molar-refractivity contribution in [2.45, 2.75) is 88.3 Å². The molecule has 0 radical (unpaired) electrons. The average Bonchev–Trinajstić information content (AvgIpc) is 3.80. The van der Waals surface area contributed by atoms with Crippen LogP contribution in [0.25, 0.3) is 0 Å². The summed E-state index contributed by atoms with van der Waals surface area (Å²) in [5.74, 6) is 0.716. The summed E-state index contributed by atoms with van der Waals surface area (Å²) in [5.41, 5.74) is 1.92. The van der Waals surface area contributed by atoms with Gasteiger partial charge in [-0.1, -0.05) is 60.2 Å². The van der Waals surface area contributed by atoms with Crippen LogP contribution in [0.2, 0.25) is 0 Å². The molecule has 47 heavy (non-hydrogen) atoms. The van der Waals surface area contributed by atoms with Gasteiger partial charge in [0.2, 0.25) is 0 Å². The predicted octanol–water partition coefficient (Wildman–Crippen LogP) is 4.92. The van der Waals surface area contributed by atoms with Crippen molar-refractivity contribution in [3.05, 3.63) is 95.6 Å². The van der Waals surface area contributed by atoms with E-state index in [0.717, 1.165) is 16.7 Å². The maximum atomic E-state index is 13.0. The molecule has 0 aliphatic carbocycles. The third-order valence-electron chi connectivity index (χ3n) is 7.35. The number of nitrogens with one attached hydrogen (secondary N) is 1. The number of hydrogen-bond acceptors (Lipinski definition) is 10. The van der Waals surface area contributed by atoms with Gasteiger partial charge in [0, 0.05) is 6.42 Å². The summed E-state index contributed by atoms with van der Waals surface area (Å²) >= 11 is 0. The molecule has 2 N–H and O–H groups in total. The van der Waals surface area contributed by atoms with Crippen molar-refractivity contribution in [3.8, 4) is 5.75 Å². The number of carbonyl (C=O) groups excluding carboxylic acids is 1. The Morgan fingerprint density at radius 3 is 2.26 bits per heavy atom. The topological polar surface area (TPSA) is 142 Å². The molecule has 4 rings (SSSR count). The Morgan fingerprint density at radius 1 is 0.957 bits per heavy atom. The summed E-state index contributed by atoms with van der Waals surface area (Å²) in [6.07, 6.45) is -3.84. The summed E-state index contributed by atoms with van der Waals surface area (Å²) in [5, 5.41) is 14.4. The van der Waals surface area contributed by atoms with Crippen LogP contribution in [-0.2, 0) is 46.5 Å². The van der Waals surface area contributed by atoms with Gasteiger partial charge in [0.25, 0.3) is 10.1 Å². The van der Waals surface area contributed by atoms with Gasteiger partial charge in [0.05, 0.1) is 50.6 Å². The van der Waals surface area contributed by atoms with Gasteiger partial charge < -0.3 is 34.1 Å². The molecular weight excluding hydrogens is 626 g/mol. The minimum atomic E-state index is -3.95. The minimum absolute atomic E-state index is 0.0168. The Bertz CT molecular complexity index is 1510. The van der Waals surface area contributed by atoms with Gasteiger partial charge in [-0.25, -0.2) is 4.79 Å². The van der Waals surface area contributed by atoms with Crippen LogP contribution in [0.15, 0.2) is 83.8 Å². The number of aliphatic hydroxyl groups excluding tert-OH is 1. The van der Waals surface area contributed by atoms with E-state index in [1.54, 1.807) is 40.0 Å². The third kappa shape index (κ3) is 11.6. The van der Waals surface area contributed by atoms with Gasteiger partial charge >= 0.3 is 6.09 Å². The molecule has 0 spiro atoms. The highest BCUT2D eigenvalue weighted by molar-refractivity contribution is 7.86. The lowest BCUT2D eigenvalue weighted by atomic mass is 10.0. The number of hydrogen-bond donors (Lipinski definition) is 2. The molecule has 5 atom stereocenters. The van der Waals surface area contributed by atoms with Crippen molar-refractivity contribution in [3.63, 3.8) is 0 Å². The number of rotatable bonds is 17. The maximum absolute atomic E-state index is 13.0. The molecule has 1 heterocycles. The van der Waals surface area contributed by atoms with E-state index in [1.165, 1.54) is 12.1 Å². The van der Waals surface area contributed by atoms with Gasteiger partial charge in [0.1, 0.15) is 29.7 Å². The Hall–Kier alpha value is -3.52. The quantitative estimate of drug-likeness (QED) is 0.150. The molecule has 12 heteroatoms. The van der Waals surface area contributed by atoms with Crippen molar-refractivity contribution in [2.75, 3.05) is 20.3 Å². The van der Waals surface area contributed by atoms with Crippen molar-refractivity contribution >= 4 is 16.2 Å². The number of benzene rings is 3. The lowest BCUT2D eigenvalue weighted by Gasteiger charge is -2.32. The first-order chi connectivity index (χ1) is 22.3. The molecule has 1 aliphatic rings. The van der Waals surface area contributed by atoms with E-state index in [2.05, 4.69) is 5.32 Å². The number of carbonyl (C=O) groups is 1. The van der Waals surface area contributed by atoms with Crippen molar-refractivity contribution < 1.29 is 46.2 Å². The molecule has 0 aromatic heterocycles. The molecule has 1 fully saturated rings. The number of aliphatic hydroxyl groups is 1. The van der Waals surface area contributed by atoms with Crippen LogP contribution in [0, 0.1) is 6.92 Å². The van der Waals surface area contributed by atoms with Gasteiger partial charge in [-0.2, -0.15) is 8.42 Å². The van der Waals surface area contributed by atoms with E-state index < -0.39 is 52.3 Å². The highest BCUT2D eigenvalue weighted by Crippen LogP contribution is 2.32. The molecule has 1 amide bonds. The number of epoxide rings is 1. The molecule has 11 nitrogen and oxygen atoms in total. The smallest absolute Gasteiger partial charge is 0.408 e. The molecule has 256 valence electrons. The molecular formula is C35H45NO10S. The molecule has 0 bridgehead atoms. The second kappa shape index (κ2) is 16.5. The van der Waals surface area contributed by atoms with Crippen LogP contribution in [0.4, 0.5) is 4.79 Å². The van der Waals surface area contributed by atoms with E-state index in [1.807, 2.05) is 61.5 Å². The second-order valence-corrected chi connectivity index (χ2v) is 14.0. The number of ether oxygens (including phenoxy) is 5. The second-order valence-electron chi connectivity index (χ2n) is 12.4. The van der Waals surface area contributed by atoms with E-state index in [9.17, 15) is 18.3 Å². The molecule has 0 unspecified atom stereocenters. The summed E-state index contributed by atoms with van der Waals surface area (Å²) in [4.78, 5) is 13.0. The first-order valence-corrected chi connectivity index (χ1v) is 16.9. The highest BCUT2D eigenvalue weighted by atomic mass is 32.2. The minimum Gasteiger partial charge on any atom is -0.497 e. The van der Waals surface area contributed by atoms with E-state index in [0.29, 0.717) is 5.75 Å². The van der Waals surface area contributed by atoms with E-state index >= 15 is 0 Å². The largest absolute Gasteiger partial charge is 0.497 e. The van der Waals surface area contributed by atoms with Gasteiger partial charge in [0.15, 0.2) is 0 Å². The van der Waals surface area contributed by atoms with Crippen LogP contribution in [-0.4, -0.2) is 76.0 Å². The Morgan fingerprint density at radius 2 is 1.62 bits per heavy atom. The maximum Gasteiger partial charge on any atom is 0.408 e. The molecule has 1 saturated heterocycles. The zero-order valence-corrected chi connectivity index (χ0v) is 28.3. The normalized spacial score (nSPS) is 18.2. The lowest BCUT2D eigenvalue weighted by Crippen LogP contribution is -2.54. The Kier molecular flexibility index (Phi) is 12.8. The number of aryl methyl sites for hydroxylation is 1. The SMILES string of the molecule is COc1ccc(COC[C@@H](NC(=O)OC(C)(C)C)[C@H](OCc2ccccc2)[C@@H](O)[C@@H]2O[C@H]2CCOS(=O)(=O)c2ccc(C)cc2)cc1. The summed E-state index contributed by atoms with van der Waals surface area (Å²) in [6.45, 7) is 7.35. The van der Waals surface area contributed by atoms with Crippen LogP contribution in [0.1, 0.15) is 43.9 Å². The zero-order chi connectivity index (χ0) is 34.0. The lowest BCUT2D eigenvalue weighted by molar-refractivity contribution is -0.0876. The average molecular weight is 672 g/mol. The summed E-state index contributed by atoms with van der Waals surface area (Å²) < 4.78 is 59.3. The van der Waals surface area contributed by atoms with E-state index in [4.69, 9.17) is 27.9 Å². The summed E-state index contributed by atoms with van der Waals surface area (Å²) in [7, 11) is -2.35. The fourth-order valence-corrected chi connectivity index (χ4v) is 5.77. The monoisotopic (exact) mass is 671 g/mol. The Labute approximate surface area is 277 Å². The third-order valence-corrected chi connectivity index (χ3v) is 8.68. The molecule has 3 aromatic rings. The Balaban J connectivity index is 1.45. The standard InChI is InChI=1S/C35H45NO10S/c1-24-11-17-28(18-12-24)47(39,40)44-20-19-30-33(45-30)31(37)32(43-22-25-9-7-6-8-10-25)29(36-34(38)46-35(2,3)4)23-42-21-26-13-15-27(41-5)16-14-26/h6-18,29-33,37H,19-23H2,1-5H3,(H,36,38)/t29-,30+,31-,32+,33-/m1/s1. The van der Waals surface area contributed by atoms with Crippen LogP contribution in [0.3, 0.4) is 0 Å². The van der Waals surface area contributed by atoms with Crippen molar-refractivity contribution in [1.29, 1.82) is 0 Å². The molecule has 1 aliphatic heterocycles. The molecule has 0 saturated carbocycles. The summed E-state index contributed by atoms with van der Waals surface area (Å²) in [6, 6.07) is 22.4. The first-order valence-electron chi connectivity index (χ1n) is 15.5. The zero-order valence-electron chi connectivity index (χ0n) is 27.5. The van der Waals surface area contributed by atoms with Crippen LogP contribution >= 0.6 is 0 Å². The van der Waals surface area contributed by atoms with Crippen molar-refractivity contribution in [1.82, 2.24) is 5.32 Å². The highest BCUT2D eigenvalue weighted by Gasteiger charge is 2.49.